The van der Waals surface area contributed by atoms with Crippen LogP contribution in [-0.4, -0.2) is 50.9 Å². The Hall–Kier alpha value is -1.11. The minimum absolute atomic E-state index is 0.00906. The van der Waals surface area contributed by atoms with E-state index in [0.717, 1.165) is 5.57 Å². The van der Waals surface area contributed by atoms with Gasteiger partial charge in [0.15, 0.2) is 11.6 Å². The van der Waals surface area contributed by atoms with Crippen molar-refractivity contribution in [2.24, 2.45) is 34.5 Å². The van der Waals surface area contributed by atoms with E-state index in [9.17, 15) is 24.9 Å². The summed E-state index contributed by atoms with van der Waals surface area (Å²) >= 11 is 0. The first-order chi connectivity index (χ1) is 13.4. The largest absolute Gasteiger partial charge is 0.390 e. The molecular formula is C23H33FO5. The Labute approximate surface area is 171 Å². The van der Waals surface area contributed by atoms with Crippen molar-refractivity contribution in [1.29, 1.82) is 0 Å². The van der Waals surface area contributed by atoms with Crippen molar-refractivity contribution in [3.05, 3.63) is 11.6 Å². The smallest absolute Gasteiger partial charge is 0.190 e. The van der Waals surface area contributed by atoms with Gasteiger partial charge in [0.2, 0.25) is 0 Å². The third-order valence-electron chi connectivity index (χ3n) is 9.52. The van der Waals surface area contributed by atoms with Crippen LogP contribution in [-0.2, 0) is 9.59 Å². The average molecular weight is 409 g/mol. The summed E-state index contributed by atoms with van der Waals surface area (Å²) < 4.78 is 17.1. The lowest BCUT2D eigenvalue weighted by Gasteiger charge is -2.64. The molecule has 6 heteroatoms. The summed E-state index contributed by atoms with van der Waals surface area (Å²) in [6.07, 6.45) is 1.78. The predicted octanol–water partition coefficient (Wildman–Crippen LogP) is 2.37. The molecule has 0 heterocycles. The molecule has 0 amide bonds. The van der Waals surface area contributed by atoms with Gasteiger partial charge >= 0.3 is 0 Å². The molecule has 0 bridgehead atoms. The van der Waals surface area contributed by atoms with Crippen molar-refractivity contribution in [3.8, 4) is 0 Å². The summed E-state index contributed by atoms with van der Waals surface area (Å²) in [5.41, 5.74) is -4.84. The lowest BCUT2D eigenvalue weighted by Crippen LogP contribution is -2.70. The Bertz CT molecular complexity index is 794. The average Bonchev–Trinajstić information content (AvgIpc) is 2.86. The Morgan fingerprint density at radius 2 is 1.90 bits per heavy atom. The van der Waals surface area contributed by atoms with Crippen LogP contribution in [0.1, 0.15) is 59.8 Å². The van der Waals surface area contributed by atoms with E-state index in [-0.39, 0.29) is 30.5 Å². The van der Waals surface area contributed by atoms with Crippen LogP contribution < -0.4 is 0 Å². The molecule has 0 unspecified atom stereocenters. The van der Waals surface area contributed by atoms with Gasteiger partial charge in [0.25, 0.3) is 0 Å². The summed E-state index contributed by atoms with van der Waals surface area (Å²) in [5, 5.41) is 32.2. The molecular weight excluding hydrogens is 375 g/mol. The number of aliphatic hydroxyl groups is 3. The number of carbonyl (C=O) groups excluding carboxylic acids is 2. The first kappa shape index (κ1) is 21.1. The molecule has 0 spiro atoms. The molecule has 162 valence electrons. The van der Waals surface area contributed by atoms with Gasteiger partial charge in [-0.25, -0.2) is 4.39 Å². The maximum absolute atomic E-state index is 17.1. The Kier molecular flexibility index (Phi) is 4.52. The monoisotopic (exact) mass is 408 g/mol. The number of alkyl halides is 1. The molecule has 5 nitrogen and oxygen atoms in total. The number of hydrogen-bond donors (Lipinski definition) is 3. The molecule has 4 aliphatic carbocycles. The number of hydrogen-bond acceptors (Lipinski definition) is 5. The lowest BCUT2D eigenvalue weighted by atomic mass is 9.42. The second kappa shape index (κ2) is 6.21. The Morgan fingerprint density at radius 1 is 1.24 bits per heavy atom. The second-order valence-electron chi connectivity index (χ2n) is 10.6. The van der Waals surface area contributed by atoms with Gasteiger partial charge in [-0.15, -0.1) is 0 Å². The number of Topliss-reactive ketones (excluding diaryl/α,β-unsaturated/α-hetero) is 1. The van der Waals surface area contributed by atoms with Gasteiger partial charge in [-0.05, 0) is 49.5 Å². The summed E-state index contributed by atoms with van der Waals surface area (Å²) in [6, 6.07) is 0. The molecule has 0 aromatic carbocycles. The number of carbonyl (C=O) groups is 2. The molecule has 9 atom stereocenters. The Balaban J connectivity index is 1.86. The number of ketones is 2. The summed E-state index contributed by atoms with van der Waals surface area (Å²) in [7, 11) is 0. The highest BCUT2D eigenvalue weighted by Gasteiger charge is 2.76. The van der Waals surface area contributed by atoms with Crippen LogP contribution >= 0.6 is 0 Å². The fourth-order valence-electron chi connectivity index (χ4n) is 8.02. The van der Waals surface area contributed by atoms with E-state index in [1.807, 2.05) is 13.8 Å². The van der Waals surface area contributed by atoms with Crippen LogP contribution in [0.5, 0.6) is 0 Å². The van der Waals surface area contributed by atoms with Crippen LogP contribution in [0.2, 0.25) is 0 Å². The fraction of sp³-hybridized carbons (Fsp3) is 0.826. The first-order valence-corrected chi connectivity index (χ1v) is 10.9. The van der Waals surface area contributed by atoms with Gasteiger partial charge in [0.1, 0.15) is 17.9 Å². The van der Waals surface area contributed by atoms with Crippen LogP contribution in [0.15, 0.2) is 11.6 Å². The topological polar surface area (TPSA) is 94.8 Å². The second-order valence-corrected chi connectivity index (χ2v) is 10.6. The predicted molar refractivity (Wildman–Crippen MR) is 105 cm³/mol. The standard InChI is InChI=1S/C23H33FO5/c1-12-7-17-16-8-13(2)23(29,19(28)11-25)21(16,4)10-18(27)22(17,24)20(3)6-5-14(26)9-15(12)20/h9,12-13,16-18,25,27,29H,5-8,10-11H2,1-4H3/t12-,13-,16-,17-,18-,20-,21-,22-,23-/m0/s1. The summed E-state index contributed by atoms with van der Waals surface area (Å²) in [6.45, 7) is 6.63. The normalized spacial score (nSPS) is 54.3. The molecule has 3 saturated carbocycles. The fourth-order valence-corrected chi connectivity index (χ4v) is 8.02. The SMILES string of the molecule is C[C@H]1C[C@H]2[C@@H]3C[C@H](C)[C@](O)(C(=O)CO)[C@@]3(C)C[C@H](O)[C@]2(F)[C@@]2(C)CCC(=O)C=C12. The summed E-state index contributed by atoms with van der Waals surface area (Å²) in [4.78, 5) is 24.7. The quantitative estimate of drug-likeness (QED) is 0.652. The zero-order valence-electron chi connectivity index (χ0n) is 17.7. The van der Waals surface area contributed by atoms with Crippen LogP contribution in [0, 0.1) is 34.5 Å². The molecule has 3 fully saturated rings. The van der Waals surface area contributed by atoms with Crippen molar-refractivity contribution >= 4 is 11.6 Å². The molecule has 29 heavy (non-hydrogen) atoms. The van der Waals surface area contributed by atoms with E-state index in [4.69, 9.17) is 0 Å². The molecule has 0 saturated heterocycles. The van der Waals surface area contributed by atoms with Gasteiger partial charge in [-0.2, -0.15) is 0 Å². The van der Waals surface area contributed by atoms with Gasteiger partial charge in [0.05, 0.1) is 6.10 Å². The maximum atomic E-state index is 17.1. The van der Waals surface area contributed by atoms with E-state index in [0.29, 0.717) is 19.3 Å². The third-order valence-corrected chi connectivity index (χ3v) is 9.52. The van der Waals surface area contributed by atoms with Crippen LogP contribution in [0.25, 0.3) is 0 Å². The van der Waals surface area contributed by atoms with Crippen LogP contribution in [0.4, 0.5) is 4.39 Å². The molecule has 0 aliphatic heterocycles. The highest BCUT2D eigenvalue weighted by atomic mass is 19.1. The molecule has 3 N–H and O–H groups in total. The van der Waals surface area contributed by atoms with Crippen molar-refractivity contribution < 1.29 is 29.3 Å². The van der Waals surface area contributed by atoms with Crippen molar-refractivity contribution in [2.45, 2.75) is 77.2 Å². The molecule has 0 radical (unpaired) electrons. The zero-order valence-corrected chi connectivity index (χ0v) is 17.7. The number of aliphatic hydroxyl groups excluding tert-OH is 2. The van der Waals surface area contributed by atoms with Gasteiger partial charge in [-0.3, -0.25) is 9.59 Å². The molecule has 4 rings (SSSR count). The van der Waals surface area contributed by atoms with E-state index in [2.05, 4.69) is 0 Å². The lowest BCUT2D eigenvalue weighted by molar-refractivity contribution is -0.232. The van der Waals surface area contributed by atoms with Gasteiger partial charge < -0.3 is 15.3 Å². The minimum Gasteiger partial charge on any atom is -0.390 e. The molecule has 0 aromatic heterocycles. The molecule has 0 aromatic rings. The number of halogens is 1. The van der Waals surface area contributed by atoms with Crippen molar-refractivity contribution in [2.75, 3.05) is 6.61 Å². The minimum atomic E-state index is -1.91. The van der Waals surface area contributed by atoms with Crippen molar-refractivity contribution in [3.63, 3.8) is 0 Å². The highest BCUT2D eigenvalue weighted by Crippen LogP contribution is 2.71. The van der Waals surface area contributed by atoms with Gasteiger partial charge in [0, 0.05) is 23.2 Å². The van der Waals surface area contributed by atoms with E-state index in [1.54, 1.807) is 19.9 Å². The van der Waals surface area contributed by atoms with Crippen LogP contribution in [0.3, 0.4) is 0 Å². The maximum Gasteiger partial charge on any atom is 0.190 e. The first-order valence-electron chi connectivity index (χ1n) is 10.9. The third kappa shape index (κ3) is 2.26. The number of allylic oxidation sites excluding steroid dienone is 1. The molecule has 4 aliphatic rings. The zero-order chi connectivity index (χ0) is 21.6. The van der Waals surface area contributed by atoms with E-state index in [1.165, 1.54) is 0 Å². The van der Waals surface area contributed by atoms with E-state index >= 15 is 4.39 Å². The van der Waals surface area contributed by atoms with Gasteiger partial charge in [-0.1, -0.05) is 33.3 Å². The number of rotatable bonds is 2. The van der Waals surface area contributed by atoms with E-state index < -0.39 is 52.4 Å². The van der Waals surface area contributed by atoms with Crippen molar-refractivity contribution in [1.82, 2.24) is 0 Å². The highest BCUT2D eigenvalue weighted by molar-refractivity contribution is 5.92. The summed E-state index contributed by atoms with van der Waals surface area (Å²) in [5.74, 6) is -1.88. The number of fused-ring (bicyclic) bond motifs is 5. The Morgan fingerprint density at radius 3 is 2.52 bits per heavy atom.